The van der Waals surface area contributed by atoms with Crippen LogP contribution in [0.1, 0.15) is 30.7 Å². The lowest BCUT2D eigenvalue weighted by molar-refractivity contribution is 0.667. The van der Waals surface area contributed by atoms with Gasteiger partial charge in [0.15, 0.2) is 0 Å². The van der Waals surface area contributed by atoms with Gasteiger partial charge in [-0.2, -0.15) is 0 Å². The first-order valence-corrected chi connectivity index (χ1v) is 6.90. The van der Waals surface area contributed by atoms with Gasteiger partial charge in [0.2, 0.25) is 0 Å². The summed E-state index contributed by atoms with van der Waals surface area (Å²) in [6.07, 6.45) is 2.92. The molecule has 1 N–H and O–H groups in total. The zero-order valence-corrected chi connectivity index (χ0v) is 12.2. The van der Waals surface area contributed by atoms with Crippen LogP contribution in [-0.2, 0) is 19.4 Å². The van der Waals surface area contributed by atoms with Crippen LogP contribution in [0, 0.1) is 0 Å². The van der Waals surface area contributed by atoms with Gasteiger partial charge in [0.05, 0.1) is 17.8 Å². The monoisotopic (exact) mass is 293 g/mol. The predicted molar refractivity (Wildman–Crippen MR) is 78.4 cm³/mol. The Kier molecular flexibility index (Phi) is 4.39. The van der Waals surface area contributed by atoms with Gasteiger partial charge in [-0.15, -0.1) is 0 Å². The van der Waals surface area contributed by atoms with Crippen molar-refractivity contribution in [1.82, 2.24) is 14.5 Å². The van der Waals surface area contributed by atoms with E-state index in [1.54, 1.807) is 6.20 Å². The average Bonchev–Trinajstić information content (AvgIpc) is 2.44. The van der Waals surface area contributed by atoms with E-state index < -0.39 is 5.69 Å². The number of pyridine rings is 1. The second-order valence-corrected chi connectivity index (χ2v) is 4.81. The van der Waals surface area contributed by atoms with Crippen molar-refractivity contribution in [3.8, 4) is 0 Å². The van der Waals surface area contributed by atoms with Gasteiger partial charge in [-0.1, -0.05) is 31.5 Å². The maximum absolute atomic E-state index is 12.3. The lowest BCUT2D eigenvalue weighted by atomic mass is 10.1. The zero-order chi connectivity index (χ0) is 14.7. The molecule has 0 aliphatic heterocycles. The molecule has 6 heteroatoms. The average molecular weight is 294 g/mol. The van der Waals surface area contributed by atoms with Crippen LogP contribution in [0.25, 0.3) is 0 Å². The summed E-state index contributed by atoms with van der Waals surface area (Å²) in [6.45, 7) is 3.98. The molecule has 0 spiro atoms. The summed E-state index contributed by atoms with van der Waals surface area (Å²) in [5.41, 5.74) is 1.30. The van der Waals surface area contributed by atoms with E-state index in [4.69, 9.17) is 11.6 Å². The maximum Gasteiger partial charge on any atom is 0.329 e. The zero-order valence-electron chi connectivity index (χ0n) is 11.4. The van der Waals surface area contributed by atoms with E-state index >= 15 is 0 Å². The van der Waals surface area contributed by atoms with E-state index in [9.17, 15) is 9.59 Å². The fourth-order valence-corrected chi connectivity index (χ4v) is 2.42. The molecule has 0 aliphatic rings. The molecule has 0 aromatic carbocycles. The van der Waals surface area contributed by atoms with Gasteiger partial charge >= 0.3 is 5.69 Å². The largest absolute Gasteiger partial charge is 0.329 e. The Bertz CT molecular complexity index is 734. The third-order valence-electron chi connectivity index (χ3n) is 3.26. The van der Waals surface area contributed by atoms with E-state index in [1.807, 2.05) is 26.0 Å². The summed E-state index contributed by atoms with van der Waals surface area (Å²) >= 11 is 5.88. The van der Waals surface area contributed by atoms with Crippen molar-refractivity contribution in [2.24, 2.45) is 0 Å². The first-order valence-electron chi connectivity index (χ1n) is 6.52. The fraction of sp³-hybridized carbons (Fsp3) is 0.357. The topological polar surface area (TPSA) is 67.8 Å². The quantitative estimate of drug-likeness (QED) is 0.874. The molecule has 5 nitrogen and oxygen atoms in total. The minimum absolute atomic E-state index is 0.121. The smallest absolute Gasteiger partial charge is 0.297 e. The Labute approximate surface area is 121 Å². The summed E-state index contributed by atoms with van der Waals surface area (Å²) in [6, 6.07) is 3.78. The molecule has 0 fully saturated rings. The highest BCUT2D eigenvalue weighted by Crippen LogP contribution is 2.09. The van der Waals surface area contributed by atoms with E-state index in [2.05, 4.69) is 9.97 Å². The molecule has 0 saturated carbocycles. The predicted octanol–water partition coefficient (Wildman–Crippen LogP) is 1.76. The molecule has 0 amide bonds. The van der Waals surface area contributed by atoms with E-state index in [0.717, 1.165) is 22.2 Å². The van der Waals surface area contributed by atoms with Crippen molar-refractivity contribution in [2.75, 3.05) is 0 Å². The molecule has 20 heavy (non-hydrogen) atoms. The molecule has 0 aliphatic carbocycles. The van der Waals surface area contributed by atoms with Crippen LogP contribution in [0.3, 0.4) is 0 Å². The second kappa shape index (κ2) is 6.05. The second-order valence-electron chi connectivity index (χ2n) is 4.43. The lowest BCUT2D eigenvalue weighted by Gasteiger charge is -2.10. The number of H-pyrrole nitrogens is 1. The SMILES string of the molecule is CCc1cccnc1Cn1c(=O)[nH]c(Cl)c(CC)c1=O. The number of hydrogen-bond donors (Lipinski definition) is 1. The van der Waals surface area contributed by atoms with Crippen molar-refractivity contribution in [3.63, 3.8) is 0 Å². The van der Waals surface area contributed by atoms with Crippen molar-refractivity contribution in [2.45, 2.75) is 33.2 Å². The Hall–Kier alpha value is -1.88. The Morgan fingerprint density at radius 2 is 2.05 bits per heavy atom. The number of rotatable bonds is 4. The molecule has 2 heterocycles. The van der Waals surface area contributed by atoms with Crippen molar-refractivity contribution < 1.29 is 0 Å². The molecule has 0 saturated heterocycles. The van der Waals surface area contributed by atoms with Crippen molar-refractivity contribution in [1.29, 1.82) is 0 Å². The summed E-state index contributed by atoms with van der Waals surface area (Å²) in [5.74, 6) is 0. The highest BCUT2D eigenvalue weighted by Gasteiger charge is 2.13. The van der Waals surface area contributed by atoms with Gasteiger partial charge < -0.3 is 0 Å². The van der Waals surface area contributed by atoms with Gasteiger partial charge in [0, 0.05) is 6.20 Å². The van der Waals surface area contributed by atoms with Crippen LogP contribution < -0.4 is 11.2 Å². The van der Waals surface area contributed by atoms with Crippen LogP contribution in [0.4, 0.5) is 0 Å². The normalized spacial score (nSPS) is 10.8. The Morgan fingerprint density at radius 3 is 2.70 bits per heavy atom. The fourth-order valence-electron chi connectivity index (χ4n) is 2.12. The standard InChI is InChI=1S/C14H16ClN3O2/c1-3-9-6-5-7-16-11(9)8-18-13(19)10(4-2)12(15)17-14(18)20/h5-7H,3-4,8H2,1-2H3,(H,17,20). The number of aromatic nitrogens is 3. The Morgan fingerprint density at radius 1 is 1.30 bits per heavy atom. The number of nitrogens with zero attached hydrogens (tertiary/aromatic N) is 2. The molecule has 106 valence electrons. The number of hydrogen-bond acceptors (Lipinski definition) is 3. The molecule has 2 aromatic rings. The van der Waals surface area contributed by atoms with E-state index in [1.165, 1.54) is 0 Å². The molecule has 2 rings (SSSR count). The number of halogens is 1. The van der Waals surface area contributed by atoms with Crippen LogP contribution in [0.2, 0.25) is 5.15 Å². The molecular formula is C14H16ClN3O2. The third kappa shape index (κ3) is 2.67. The molecular weight excluding hydrogens is 278 g/mol. The first-order chi connectivity index (χ1) is 9.58. The van der Waals surface area contributed by atoms with Crippen molar-refractivity contribution in [3.05, 3.63) is 61.1 Å². The molecule has 0 bridgehead atoms. The molecule has 0 atom stereocenters. The van der Waals surface area contributed by atoms with Gasteiger partial charge in [0.25, 0.3) is 5.56 Å². The summed E-state index contributed by atoms with van der Waals surface area (Å²) in [4.78, 5) is 31.0. The van der Waals surface area contributed by atoms with Crippen LogP contribution in [-0.4, -0.2) is 14.5 Å². The number of aryl methyl sites for hydroxylation is 1. The van der Waals surface area contributed by atoms with E-state index in [-0.39, 0.29) is 17.3 Å². The molecule has 2 aromatic heterocycles. The summed E-state index contributed by atoms with van der Waals surface area (Å²) in [5, 5.41) is 0.121. The van der Waals surface area contributed by atoms with Crippen LogP contribution in [0.5, 0.6) is 0 Å². The van der Waals surface area contributed by atoms with Crippen LogP contribution >= 0.6 is 11.6 Å². The van der Waals surface area contributed by atoms with Crippen molar-refractivity contribution >= 4 is 11.6 Å². The maximum atomic E-state index is 12.3. The first kappa shape index (κ1) is 14.5. The minimum Gasteiger partial charge on any atom is -0.297 e. The van der Waals surface area contributed by atoms with Gasteiger partial charge in [0.1, 0.15) is 5.15 Å². The Balaban J connectivity index is 2.55. The molecule has 0 radical (unpaired) electrons. The van der Waals surface area contributed by atoms with Gasteiger partial charge in [-0.05, 0) is 24.5 Å². The van der Waals surface area contributed by atoms with E-state index in [0.29, 0.717) is 12.0 Å². The number of aromatic amines is 1. The highest BCUT2D eigenvalue weighted by molar-refractivity contribution is 6.30. The van der Waals surface area contributed by atoms with Crippen LogP contribution in [0.15, 0.2) is 27.9 Å². The minimum atomic E-state index is -0.509. The molecule has 0 unspecified atom stereocenters. The number of nitrogens with one attached hydrogen (secondary N) is 1. The van der Waals surface area contributed by atoms with Gasteiger partial charge in [-0.3, -0.25) is 19.3 Å². The highest BCUT2D eigenvalue weighted by atomic mass is 35.5. The van der Waals surface area contributed by atoms with Gasteiger partial charge in [-0.25, -0.2) is 4.79 Å². The third-order valence-corrected chi connectivity index (χ3v) is 3.58. The summed E-state index contributed by atoms with van der Waals surface area (Å²) in [7, 11) is 0. The lowest BCUT2D eigenvalue weighted by Crippen LogP contribution is -2.38. The summed E-state index contributed by atoms with van der Waals surface area (Å²) < 4.78 is 1.15.